The minimum atomic E-state index is -0.489. The highest BCUT2D eigenvalue weighted by molar-refractivity contribution is 8.15. The Balaban J connectivity index is 1.61. The van der Waals surface area contributed by atoms with Crippen molar-refractivity contribution in [3.05, 3.63) is 76.4 Å². The number of carbonyl (C=O) groups excluding carboxylic acids is 2. The first-order chi connectivity index (χ1) is 13.9. The molecule has 0 aromatic heterocycles. The van der Waals surface area contributed by atoms with E-state index in [1.807, 2.05) is 75.4 Å². The molecule has 1 atom stereocenters. The molecule has 1 heterocycles. The smallest absolute Gasteiger partial charge is 0.240 e. The Morgan fingerprint density at radius 1 is 1.17 bits per heavy atom. The third-order valence-electron chi connectivity index (χ3n) is 4.44. The van der Waals surface area contributed by atoms with Gasteiger partial charge in [-0.05, 0) is 43.5 Å². The summed E-state index contributed by atoms with van der Waals surface area (Å²) in [7, 11) is 0. The molecule has 0 saturated carbocycles. The van der Waals surface area contributed by atoms with Gasteiger partial charge in [0, 0.05) is 12.0 Å². The van der Waals surface area contributed by atoms with E-state index in [4.69, 9.17) is 0 Å². The van der Waals surface area contributed by atoms with Gasteiger partial charge in [0.15, 0.2) is 11.0 Å². The first-order valence-corrected chi connectivity index (χ1v) is 10.2. The van der Waals surface area contributed by atoms with Crippen molar-refractivity contribution >= 4 is 40.9 Å². The summed E-state index contributed by atoms with van der Waals surface area (Å²) in [5, 5.41) is 10.8. The number of allylic oxidation sites excluding steroid dienone is 1. The van der Waals surface area contributed by atoms with Gasteiger partial charge in [0.2, 0.25) is 5.91 Å². The Morgan fingerprint density at radius 2 is 1.93 bits per heavy atom. The maximum atomic E-state index is 12.6. The largest absolute Gasteiger partial charge is 0.303 e. The number of nitrogens with zero attached hydrogens (tertiary/aromatic N) is 2. The first kappa shape index (κ1) is 20.7. The van der Waals surface area contributed by atoms with Crippen molar-refractivity contribution in [1.29, 1.82) is 0 Å². The summed E-state index contributed by atoms with van der Waals surface area (Å²) in [5.74, 6) is -0.246. The fourth-order valence-corrected chi connectivity index (χ4v) is 3.85. The zero-order chi connectivity index (χ0) is 20.8. The second-order valence-corrected chi connectivity index (χ2v) is 8.18. The van der Waals surface area contributed by atoms with Gasteiger partial charge >= 0.3 is 0 Å². The lowest BCUT2D eigenvalue weighted by Gasteiger charge is -2.08. The van der Waals surface area contributed by atoms with Gasteiger partial charge < -0.3 is 5.32 Å². The lowest BCUT2D eigenvalue weighted by molar-refractivity contribution is -0.118. The average molecular weight is 406 g/mol. The molecular weight excluding hydrogens is 382 g/mol. The molecule has 1 fully saturated rings. The van der Waals surface area contributed by atoms with Gasteiger partial charge in [0.25, 0.3) is 0 Å². The van der Waals surface area contributed by atoms with Gasteiger partial charge in [-0.1, -0.05) is 65.9 Å². The van der Waals surface area contributed by atoms with Gasteiger partial charge in [-0.2, -0.15) is 5.10 Å². The molecule has 0 bridgehead atoms. The van der Waals surface area contributed by atoms with Crippen molar-refractivity contribution in [3.63, 3.8) is 0 Å². The molecule has 29 heavy (non-hydrogen) atoms. The number of nitrogens with one attached hydrogen (secondary N) is 1. The molecule has 6 heteroatoms. The van der Waals surface area contributed by atoms with Crippen LogP contribution in [-0.2, 0) is 4.79 Å². The fourth-order valence-electron chi connectivity index (χ4n) is 2.92. The number of hydrogen-bond donors (Lipinski definition) is 1. The molecule has 1 aliphatic rings. The number of benzene rings is 2. The molecule has 1 saturated heterocycles. The molecule has 0 aliphatic carbocycles. The maximum Gasteiger partial charge on any atom is 0.240 e. The number of Topliss-reactive ketones (excluding diaryl/α,β-unsaturated/α-hetero) is 1. The van der Waals surface area contributed by atoms with Crippen molar-refractivity contribution in [2.24, 2.45) is 10.2 Å². The highest BCUT2D eigenvalue weighted by Gasteiger charge is 2.32. The van der Waals surface area contributed by atoms with Gasteiger partial charge in [-0.15, -0.1) is 5.10 Å². The summed E-state index contributed by atoms with van der Waals surface area (Å²) in [5.41, 5.74) is 4.64. The van der Waals surface area contributed by atoms with E-state index in [-0.39, 0.29) is 18.1 Å². The second kappa shape index (κ2) is 9.47. The Morgan fingerprint density at radius 3 is 2.69 bits per heavy atom. The van der Waals surface area contributed by atoms with E-state index in [1.54, 1.807) is 6.21 Å². The average Bonchev–Trinajstić information content (AvgIpc) is 3.03. The number of amides is 1. The van der Waals surface area contributed by atoms with Gasteiger partial charge in [0.1, 0.15) is 0 Å². The normalized spacial score (nSPS) is 18.4. The molecule has 2 aromatic rings. The van der Waals surface area contributed by atoms with Crippen LogP contribution in [0.4, 0.5) is 0 Å². The van der Waals surface area contributed by atoms with E-state index < -0.39 is 5.25 Å². The van der Waals surface area contributed by atoms with Crippen LogP contribution in [0.5, 0.6) is 0 Å². The Hall–Kier alpha value is -2.99. The second-order valence-electron chi connectivity index (χ2n) is 6.99. The van der Waals surface area contributed by atoms with Gasteiger partial charge in [-0.25, -0.2) is 0 Å². The van der Waals surface area contributed by atoms with Crippen molar-refractivity contribution in [2.45, 2.75) is 32.4 Å². The molecule has 1 N–H and O–H groups in total. The monoisotopic (exact) mass is 405 g/mol. The summed E-state index contributed by atoms with van der Waals surface area (Å²) in [4.78, 5) is 24.8. The zero-order valence-electron chi connectivity index (χ0n) is 16.7. The van der Waals surface area contributed by atoms with E-state index >= 15 is 0 Å². The third-order valence-corrected chi connectivity index (χ3v) is 5.52. The number of amidine groups is 1. The number of ketones is 1. The highest BCUT2D eigenvalue weighted by Crippen LogP contribution is 2.25. The molecule has 0 radical (unpaired) electrons. The standard InChI is InChI=1S/C23H23N3O2S/c1-15-9-10-17(3)19(12-15)20(27)13-21-22(28)25-23(29-21)26-24-14-16(2)11-18-7-5-4-6-8-18/h4-12,14,21H,13H2,1-3H3,(H,25,26,28)/b16-11-,24-14+. The summed E-state index contributed by atoms with van der Waals surface area (Å²) in [6.07, 6.45) is 3.77. The van der Waals surface area contributed by atoms with E-state index in [9.17, 15) is 9.59 Å². The fraction of sp³-hybridized carbons (Fsp3) is 0.217. The van der Waals surface area contributed by atoms with Crippen LogP contribution < -0.4 is 5.32 Å². The molecule has 5 nitrogen and oxygen atoms in total. The minimum absolute atomic E-state index is 0.0368. The Labute approximate surface area is 175 Å². The first-order valence-electron chi connectivity index (χ1n) is 9.35. The summed E-state index contributed by atoms with van der Waals surface area (Å²) >= 11 is 1.24. The molecule has 2 aromatic carbocycles. The third kappa shape index (κ3) is 5.74. The lowest BCUT2D eigenvalue weighted by Crippen LogP contribution is -2.26. The Bertz CT molecular complexity index is 1010. The van der Waals surface area contributed by atoms with Crippen molar-refractivity contribution < 1.29 is 9.59 Å². The summed E-state index contributed by atoms with van der Waals surface area (Å²) < 4.78 is 0. The quantitative estimate of drug-likeness (QED) is 0.435. The van der Waals surface area contributed by atoms with Crippen molar-refractivity contribution in [3.8, 4) is 0 Å². The number of hydrogen-bond acceptors (Lipinski definition) is 5. The Kier molecular flexibility index (Phi) is 6.77. The highest BCUT2D eigenvalue weighted by atomic mass is 32.2. The molecule has 1 aliphatic heterocycles. The number of rotatable bonds is 6. The van der Waals surface area contributed by atoms with Crippen LogP contribution in [0, 0.1) is 13.8 Å². The predicted molar refractivity (Wildman–Crippen MR) is 120 cm³/mol. The summed E-state index contributed by atoms with van der Waals surface area (Å²) in [6.45, 7) is 5.79. The number of carbonyl (C=O) groups is 2. The van der Waals surface area contributed by atoms with E-state index in [2.05, 4.69) is 15.5 Å². The van der Waals surface area contributed by atoms with Crippen LogP contribution >= 0.6 is 11.8 Å². The molecule has 1 amide bonds. The lowest BCUT2D eigenvalue weighted by atomic mass is 9.99. The molecule has 148 valence electrons. The molecule has 3 rings (SSSR count). The van der Waals surface area contributed by atoms with E-state index in [1.165, 1.54) is 11.8 Å². The van der Waals surface area contributed by atoms with Crippen LogP contribution in [0.15, 0.2) is 64.3 Å². The van der Waals surface area contributed by atoms with Gasteiger partial charge in [0.05, 0.1) is 11.5 Å². The van der Waals surface area contributed by atoms with Crippen LogP contribution in [0.25, 0.3) is 6.08 Å². The van der Waals surface area contributed by atoms with Crippen LogP contribution in [-0.4, -0.2) is 28.3 Å². The minimum Gasteiger partial charge on any atom is -0.303 e. The van der Waals surface area contributed by atoms with Crippen molar-refractivity contribution in [2.75, 3.05) is 0 Å². The maximum absolute atomic E-state index is 12.6. The number of aryl methyl sites for hydroxylation is 2. The van der Waals surface area contributed by atoms with Crippen LogP contribution in [0.2, 0.25) is 0 Å². The van der Waals surface area contributed by atoms with Crippen LogP contribution in [0.3, 0.4) is 0 Å². The molecule has 0 spiro atoms. The van der Waals surface area contributed by atoms with Crippen LogP contribution in [0.1, 0.15) is 40.4 Å². The topological polar surface area (TPSA) is 70.9 Å². The zero-order valence-corrected chi connectivity index (χ0v) is 17.5. The van der Waals surface area contributed by atoms with E-state index in [0.717, 1.165) is 22.3 Å². The molecule has 1 unspecified atom stereocenters. The van der Waals surface area contributed by atoms with Gasteiger partial charge in [-0.3, -0.25) is 9.59 Å². The van der Waals surface area contributed by atoms with Crippen molar-refractivity contribution in [1.82, 2.24) is 5.32 Å². The molecular formula is C23H23N3O2S. The van der Waals surface area contributed by atoms with E-state index in [0.29, 0.717) is 10.7 Å². The number of thioether (sulfide) groups is 1. The summed E-state index contributed by atoms with van der Waals surface area (Å²) in [6, 6.07) is 15.7. The predicted octanol–water partition coefficient (Wildman–Crippen LogP) is 4.55. The SMILES string of the molecule is CC(=C/c1ccccc1)/C=N/N=C1\NC(=O)C(CC(=O)c2cc(C)ccc2C)S1.